The molecule has 0 fully saturated rings. The largest absolute Gasteiger partial charge is 0.326 e. The van der Waals surface area contributed by atoms with Crippen LogP contribution in [0.4, 0.5) is 11.4 Å². The zero-order valence-corrected chi connectivity index (χ0v) is 20.5. The van der Waals surface area contributed by atoms with E-state index in [2.05, 4.69) is 27.4 Å². The number of nitrogens with zero attached hydrogens (tertiary/aromatic N) is 3. The van der Waals surface area contributed by atoms with Gasteiger partial charge in [0.2, 0.25) is 11.8 Å². The molecule has 0 aliphatic heterocycles. The van der Waals surface area contributed by atoms with Gasteiger partial charge in [0.1, 0.15) is 5.82 Å². The number of amides is 2. The van der Waals surface area contributed by atoms with Gasteiger partial charge in [0.15, 0.2) is 5.16 Å². The number of aromatic nitrogens is 3. The molecule has 0 radical (unpaired) electrons. The third-order valence-electron chi connectivity index (χ3n) is 4.67. The first-order valence-corrected chi connectivity index (χ1v) is 11.8. The average molecular weight is 504 g/mol. The molecule has 0 aliphatic rings. The van der Waals surface area contributed by atoms with Crippen LogP contribution in [-0.2, 0) is 22.6 Å². The molecule has 3 rings (SSSR count). The predicted octanol–water partition coefficient (Wildman–Crippen LogP) is 5.30. The van der Waals surface area contributed by atoms with E-state index in [0.717, 1.165) is 11.1 Å². The standard InChI is InChI=1S/C23H23Cl2N5O2S/c1-4-9-30-20(12-21(31)26-17-7-5-14(2)18(25)11-17)28-29-23(30)33-13-22(32)27-19-8-6-16(24)10-15(19)3/h4-8,10-11H,1,9,12-13H2,2-3H3,(H,26,31)(H,27,32). The Hall–Kier alpha value is -2.81. The van der Waals surface area contributed by atoms with Crippen molar-refractivity contribution < 1.29 is 9.59 Å². The first-order chi connectivity index (χ1) is 15.8. The van der Waals surface area contributed by atoms with Crippen LogP contribution in [0.1, 0.15) is 17.0 Å². The quantitative estimate of drug-likeness (QED) is 0.305. The van der Waals surface area contributed by atoms with Gasteiger partial charge in [-0.05, 0) is 55.3 Å². The second kappa shape index (κ2) is 11.4. The number of hydrogen-bond donors (Lipinski definition) is 2. The van der Waals surface area contributed by atoms with Gasteiger partial charge in [-0.2, -0.15) is 0 Å². The van der Waals surface area contributed by atoms with E-state index in [1.165, 1.54) is 11.8 Å². The maximum Gasteiger partial charge on any atom is 0.234 e. The Morgan fingerprint density at radius 3 is 2.55 bits per heavy atom. The molecule has 0 unspecified atom stereocenters. The molecule has 0 aliphatic carbocycles. The van der Waals surface area contributed by atoms with Crippen molar-refractivity contribution in [2.75, 3.05) is 16.4 Å². The number of aryl methyl sites for hydroxylation is 2. The van der Waals surface area contributed by atoms with Crippen LogP contribution in [0.25, 0.3) is 0 Å². The molecule has 0 bridgehead atoms. The normalized spacial score (nSPS) is 10.7. The predicted molar refractivity (Wildman–Crippen MR) is 134 cm³/mol. The lowest BCUT2D eigenvalue weighted by molar-refractivity contribution is -0.116. The van der Waals surface area contributed by atoms with Gasteiger partial charge in [0.05, 0.1) is 12.2 Å². The summed E-state index contributed by atoms with van der Waals surface area (Å²) >= 11 is 13.3. The topological polar surface area (TPSA) is 88.9 Å². The van der Waals surface area contributed by atoms with Gasteiger partial charge in [0, 0.05) is 28.0 Å². The van der Waals surface area contributed by atoms with E-state index in [1.807, 2.05) is 19.9 Å². The number of thioether (sulfide) groups is 1. The molecular weight excluding hydrogens is 481 g/mol. The molecule has 1 aromatic heterocycles. The van der Waals surface area contributed by atoms with Crippen LogP contribution >= 0.6 is 35.0 Å². The van der Waals surface area contributed by atoms with Gasteiger partial charge in [-0.15, -0.1) is 16.8 Å². The number of allylic oxidation sites excluding steroid dienone is 1. The molecule has 1 heterocycles. The summed E-state index contributed by atoms with van der Waals surface area (Å²) in [6.45, 7) is 7.93. The molecular formula is C23H23Cl2N5O2S. The maximum absolute atomic E-state index is 12.5. The van der Waals surface area contributed by atoms with Gasteiger partial charge in [0.25, 0.3) is 0 Å². The fourth-order valence-corrected chi connectivity index (χ4v) is 4.15. The number of rotatable bonds is 9. The van der Waals surface area contributed by atoms with Gasteiger partial charge < -0.3 is 15.2 Å². The lowest BCUT2D eigenvalue weighted by Crippen LogP contribution is -2.18. The number of benzene rings is 2. The van der Waals surface area contributed by atoms with Crippen molar-refractivity contribution in [3.8, 4) is 0 Å². The van der Waals surface area contributed by atoms with Crippen LogP contribution in [0.2, 0.25) is 10.0 Å². The van der Waals surface area contributed by atoms with Crippen LogP contribution in [0, 0.1) is 13.8 Å². The van der Waals surface area contributed by atoms with Crippen LogP contribution in [0.3, 0.4) is 0 Å². The van der Waals surface area contributed by atoms with Crippen molar-refractivity contribution in [2.45, 2.75) is 32.0 Å². The van der Waals surface area contributed by atoms with Crippen molar-refractivity contribution in [3.05, 3.63) is 76.0 Å². The molecule has 2 N–H and O–H groups in total. The van der Waals surface area contributed by atoms with Gasteiger partial charge in [-0.3, -0.25) is 9.59 Å². The SMILES string of the molecule is C=CCn1c(CC(=O)Nc2ccc(C)c(Cl)c2)nnc1SCC(=O)Nc1ccc(Cl)cc1C. The van der Waals surface area contributed by atoms with E-state index in [4.69, 9.17) is 23.2 Å². The Balaban J connectivity index is 1.63. The summed E-state index contributed by atoms with van der Waals surface area (Å²) < 4.78 is 1.76. The van der Waals surface area contributed by atoms with E-state index in [9.17, 15) is 9.59 Å². The fraction of sp³-hybridized carbons (Fsp3) is 0.217. The Bertz CT molecular complexity index is 1200. The zero-order chi connectivity index (χ0) is 24.0. The second-order valence-electron chi connectivity index (χ2n) is 7.28. The lowest BCUT2D eigenvalue weighted by Gasteiger charge is -2.10. The zero-order valence-electron chi connectivity index (χ0n) is 18.2. The highest BCUT2D eigenvalue weighted by Crippen LogP contribution is 2.23. The van der Waals surface area contributed by atoms with Gasteiger partial charge in [-0.1, -0.05) is 47.1 Å². The molecule has 0 saturated heterocycles. The summed E-state index contributed by atoms with van der Waals surface area (Å²) in [6.07, 6.45) is 1.70. The van der Waals surface area contributed by atoms with E-state index >= 15 is 0 Å². The smallest absolute Gasteiger partial charge is 0.234 e. The average Bonchev–Trinajstić information content (AvgIpc) is 3.13. The Morgan fingerprint density at radius 1 is 1.06 bits per heavy atom. The number of halogens is 2. The Morgan fingerprint density at radius 2 is 1.85 bits per heavy atom. The van der Waals surface area contributed by atoms with Crippen LogP contribution < -0.4 is 10.6 Å². The van der Waals surface area contributed by atoms with Gasteiger partial charge in [-0.25, -0.2) is 0 Å². The molecule has 3 aromatic rings. The number of anilines is 2. The molecule has 0 atom stereocenters. The molecule has 10 heteroatoms. The molecule has 172 valence electrons. The van der Waals surface area contributed by atoms with Crippen molar-refractivity contribution >= 4 is 58.2 Å². The van der Waals surface area contributed by atoms with Crippen molar-refractivity contribution in [3.63, 3.8) is 0 Å². The number of carbonyl (C=O) groups is 2. The van der Waals surface area contributed by atoms with Crippen LogP contribution in [0.15, 0.2) is 54.2 Å². The highest BCUT2D eigenvalue weighted by molar-refractivity contribution is 7.99. The number of carbonyl (C=O) groups excluding carboxylic acids is 2. The Kier molecular flexibility index (Phi) is 8.55. The summed E-state index contributed by atoms with van der Waals surface area (Å²) in [7, 11) is 0. The third kappa shape index (κ3) is 6.83. The molecule has 2 aromatic carbocycles. The third-order valence-corrected chi connectivity index (χ3v) is 6.28. The number of nitrogens with one attached hydrogen (secondary N) is 2. The van der Waals surface area contributed by atoms with Gasteiger partial charge >= 0.3 is 0 Å². The van der Waals surface area contributed by atoms with Crippen LogP contribution in [0.5, 0.6) is 0 Å². The molecule has 0 saturated carbocycles. The van der Waals surface area contributed by atoms with Crippen molar-refractivity contribution in [1.29, 1.82) is 0 Å². The summed E-state index contributed by atoms with van der Waals surface area (Å²) in [5.41, 5.74) is 3.11. The highest BCUT2D eigenvalue weighted by atomic mass is 35.5. The summed E-state index contributed by atoms with van der Waals surface area (Å²) in [5, 5.41) is 15.7. The van der Waals surface area contributed by atoms with E-state index in [0.29, 0.717) is 38.9 Å². The Labute approximate surface area is 206 Å². The maximum atomic E-state index is 12.5. The molecule has 2 amide bonds. The fourth-order valence-electron chi connectivity index (χ4n) is 2.97. The van der Waals surface area contributed by atoms with Crippen molar-refractivity contribution in [1.82, 2.24) is 14.8 Å². The van der Waals surface area contributed by atoms with Crippen LogP contribution in [-0.4, -0.2) is 32.3 Å². The summed E-state index contributed by atoms with van der Waals surface area (Å²) in [5.74, 6) is 0.169. The molecule has 0 spiro atoms. The highest BCUT2D eigenvalue weighted by Gasteiger charge is 2.17. The molecule has 33 heavy (non-hydrogen) atoms. The minimum Gasteiger partial charge on any atom is -0.326 e. The van der Waals surface area contributed by atoms with E-state index in [1.54, 1.807) is 41.0 Å². The summed E-state index contributed by atoms with van der Waals surface area (Å²) in [4.78, 5) is 24.9. The number of hydrogen-bond acceptors (Lipinski definition) is 5. The monoisotopic (exact) mass is 503 g/mol. The minimum absolute atomic E-state index is 0.0169. The van der Waals surface area contributed by atoms with Crippen molar-refractivity contribution in [2.24, 2.45) is 0 Å². The van der Waals surface area contributed by atoms with E-state index < -0.39 is 0 Å². The first-order valence-electron chi connectivity index (χ1n) is 10.0. The summed E-state index contributed by atoms with van der Waals surface area (Å²) in [6, 6.07) is 10.6. The second-order valence-corrected chi connectivity index (χ2v) is 9.07. The minimum atomic E-state index is -0.250. The first kappa shape index (κ1) is 24.8. The van der Waals surface area contributed by atoms with E-state index in [-0.39, 0.29) is 24.0 Å². The lowest BCUT2D eigenvalue weighted by atomic mass is 10.2. The molecule has 7 nitrogen and oxygen atoms in total.